The van der Waals surface area contributed by atoms with Gasteiger partial charge in [-0.05, 0) is 26.2 Å². The fourth-order valence-corrected chi connectivity index (χ4v) is 3.05. The molecular weight excluding hydrogens is 270 g/mol. The molecule has 0 aromatic carbocycles. The first kappa shape index (κ1) is 17.4. The Bertz CT molecular complexity index is 392. The third kappa shape index (κ3) is 4.72. The average molecular weight is 299 g/mol. The molecule has 20 heavy (non-hydrogen) atoms. The van der Waals surface area contributed by atoms with Crippen LogP contribution in [0.2, 0.25) is 0 Å². The van der Waals surface area contributed by atoms with Crippen LogP contribution >= 0.6 is 11.3 Å². The van der Waals surface area contributed by atoms with Crippen LogP contribution in [0.25, 0.3) is 0 Å². The van der Waals surface area contributed by atoms with E-state index in [1.165, 1.54) is 10.6 Å². The molecule has 1 aromatic heterocycles. The minimum atomic E-state index is 0.472. The first-order valence-electron chi connectivity index (χ1n) is 7.43. The molecule has 0 aliphatic rings. The zero-order valence-electron chi connectivity index (χ0n) is 13.7. The van der Waals surface area contributed by atoms with E-state index in [2.05, 4.69) is 45.0 Å². The SMILES string of the molecule is CCC(C)c1nc(N(C)C(C)C)sc1CNCCOC. The Balaban J connectivity index is 2.83. The van der Waals surface area contributed by atoms with E-state index >= 15 is 0 Å². The third-order valence-electron chi connectivity index (χ3n) is 3.64. The Hall–Kier alpha value is -0.650. The minimum absolute atomic E-state index is 0.472. The zero-order valence-corrected chi connectivity index (χ0v) is 14.5. The van der Waals surface area contributed by atoms with Crippen molar-refractivity contribution in [1.29, 1.82) is 0 Å². The summed E-state index contributed by atoms with van der Waals surface area (Å²) in [5.74, 6) is 0.514. The van der Waals surface area contributed by atoms with E-state index in [1.54, 1.807) is 7.11 Å². The molecule has 1 unspecified atom stereocenters. The second-order valence-corrected chi connectivity index (χ2v) is 6.55. The second-order valence-electron chi connectivity index (χ2n) is 5.49. The summed E-state index contributed by atoms with van der Waals surface area (Å²) in [6.07, 6.45) is 1.12. The van der Waals surface area contributed by atoms with Gasteiger partial charge in [0.15, 0.2) is 5.13 Å². The number of thiazole rings is 1. The van der Waals surface area contributed by atoms with Gasteiger partial charge >= 0.3 is 0 Å². The molecule has 4 nitrogen and oxygen atoms in total. The predicted octanol–water partition coefficient (Wildman–Crippen LogP) is 3.24. The molecule has 0 fully saturated rings. The summed E-state index contributed by atoms with van der Waals surface area (Å²) in [7, 11) is 3.85. The van der Waals surface area contributed by atoms with Crippen molar-refractivity contribution in [1.82, 2.24) is 10.3 Å². The number of methoxy groups -OCH3 is 1. The highest BCUT2D eigenvalue weighted by atomic mass is 32.1. The Labute approximate surface area is 127 Å². The molecule has 5 heteroatoms. The number of ether oxygens (including phenoxy) is 1. The molecule has 1 aromatic rings. The van der Waals surface area contributed by atoms with Crippen LogP contribution in [0.4, 0.5) is 5.13 Å². The van der Waals surface area contributed by atoms with E-state index in [0.717, 1.165) is 31.2 Å². The maximum Gasteiger partial charge on any atom is 0.185 e. The van der Waals surface area contributed by atoms with Gasteiger partial charge < -0.3 is 15.0 Å². The van der Waals surface area contributed by atoms with Crippen molar-refractivity contribution >= 4 is 16.5 Å². The molecule has 0 aliphatic carbocycles. The summed E-state index contributed by atoms with van der Waals surface area (Å²) in [6, 6.07) is 0.472. The summed E-state index contributed by atoms with van der Waals surface area (Å²) in [5.41, 5.74) is 1.25. The lowest BCUT2D eigenvalue weighted by Crippen LogP contribution is -2.25. The Morgan fingerprint density at radius 2 is 2.05 bits per heavy atom. The minimum Gasteiger partial charge on any atom is -0.383 e. The van der Waals surface area contributed by atoms with Crippen molar-refractivity contribution in [3.63, 3.8) is 0 Å². The van der Waals surface area contributed by atoms with E-state index in [1.807, 2.05) is 11.3 Å². The van der Waals surface area contributed by atoms with Gasteiger partial charge in [-0.15, -0.1) is 11.3 Å². The van der Waals surface area contributed by atoms with Gasteiger partial charge in [-0.2, -0.15) is 0 Å². The zero-order chi connectivity index (χ0) is 15.1. The highest BCUT2D eigenvalue weighted by Gasteiger charge is 2.18. The fourth-order valence-electron chi connectivity index (χ4n) is 1.80. The van der Waals surface area contributed by atoms with Crippen LogP contribution in [0.15, 0.2) is 0 Å². The molecule has 116 valence electrons. The van der Waals surface area contributed by atoms with Crippen LogP contribution in [0.5, 0.6) is 0 Å². The highest BCUT2D eigenvalue weighted by Crippen LogP contribution is 2.32. The molecule has 1 heterocycles. The molecule has 1 atom stereocenters. The van der Waals surface area contributed by atoms with E-state index < -0.39 is 0 Å². The molecule has 1 rings (SSSR count). The van der Waals surface area contributed by atoms with Gasteiger partial charge in [-0.3, -0.25) is 0 Å². The number of nitrogens with zero attached hydrogens (tertiary/aromatic N) is 2. The molecule has 0 radical (unpaired) electrons. The first-order chi connectivity index (χ1) is 9.51. The summed E-state index contributed by atoms with van der Waals surface area (Å²) in [5, 5.41) is 4.55. The number of hydrogen-bond donors (Lipinski definition) is 1. The molecule has 0 saturated heterocycles. The van der Waals surface area contributed by atoms with E-state index in [9.17, 15) is 0 Å². The molecule has 0 saturated carbocycles. The molecule has 0 amide bonds. The number of hydrogen-bond acceptors (Lipinski definition) is 5. The monoisotopic (exact) mass is 299 g/mol. The quantitative estimate of drug-likeness (QED) is 0.710. The lowest BCUT2D eigenvalue weighted by molar-refractivity contribution is 0.199. The smallest absolute Gasteiger partial charge is 0.185 e. The van der Waals surface area contributed by atoms with Gasteiger partial charge in [0, 0.05) is 38.2 Å². The van der Waals surface area contributed by atoms with Crippen molar-refractivity contribution in [3.8, 4) is 0 Å². The third-order valence-corrected chi connectivity index (χ3v) is 4.80. The Morgan fingerprint density at radius 3 is 2.60 bits per heavy atom. The lowest BCUT2D eigenvalue weighted by atomic mass is 10.0. The Morgan fingerprint density at radius 1 is 1.35 bits per heavy atom. The van der Waals surface area contributed by atoms with E-state index in [-0.39, 0.29) is 0 Å². The summed E-state index contributed by atoms with van der Waals surface area (Å²) in [6.45, 7) is 11.4. The van der Waals surface area contributed by atoms with Gasteiger partial charge in [0.2, 0.25) is 0 Å². The highest BCUT2D eigenvalue weighted by molar-refractivity contribution is 7.15. The van der Waals surface area contributed by atoms with Crippen LogP contribution in [-0.2, 0) is 11.3 Å². The predicted molar refractivity (Wildman–Crippen MR) is 87.9 cm³/mol. The van der Waals surface area contributed by atoms with Gasteiger partial charge in [0.1, 0.15) is 0 Å². The summed E-state index contributed by atoms with van der Waals surface area (Å²) >= 11 is 1.81. The van der Waals surface area contributed by atoms with Crippen LogP contribution in [-0.4, -0.2) is 38.3 Å². The van der Waals surface area contributed by atoms with Crippen molar-refractivity contribution in [2.45, 2.75) is 52.6 Å². The van der Waals surface area contributed by atoms with Crippen LogP contribution in [0.3, 0.4) is 0 Å². The fraction of sp³-hybridized carbons (Fsp3) is 0.800. The van der Waals surface area contributed by atoms with Crippen LogP contribution in [0, 0.1) is 0 Å². The summed E-state index contributed by atoms with van der Waals surface area (Å²) in [4.78, 5) is 8.48. The van der Waals surface area contributed by atoms with Crippen molar-refractivity contribution < 1.29 is 4.74 Å². The normalized spacial score (nSPS) is 12.9. The number of nitrogens with one attached hydrogen (secondary N) is 1. The van der Waals surface area contributed by atoms with Crippen molar-refractivity contribution in [2.24, 2.45) is 0 Å². The van der Waals surface area contributed by atoms with Gasteiger partial charge in [-0.25, -0.2) is 4.98 Å². The lowest BCUT2D eigenvalue weighted by Gasteiger charge is -2.20. The maximum atomic E-state index is 5.07. The molecule has 0 aliphatic heterocycles. The number of rotatable bonds is 9. The Kier molecular flexibility index (Phi) is 7.48. The van der Waals surface area contributed by atoms with Gasteiger partial charge in [0.25, 0.3) is 0 Å². The number of aromatic nitrogens is 1. The topological polar surface area (TPSA) is 37.4 Å². The van der Waals surface area contributed by atoms with E-state index in [4.69, 9.17) is 9.72 Å². The standard InChI is InChI=1S/C15H29N3OS/c1-7-12(4)14-13(10-16-8-9-19-6)20-15(17-14)18(5)11(2)3/h11-12,16H,7-10H2,1-6H3. The second kappa shape index (κ2) is 8.60. The first-order valence-corrected chi connectivity index (χ1v) is 8.24. The summed E-state index contributed by atoms with van der Waals surface area (Å²) < 4.78 is 5.07. The van der Waals surface area contributed by atoms with Crippen LogP contribution < -0.4 is 10.2 Å². The van der Waals surface area contributed by atoms with Gasteiger partial charge in [-0.1, -0.05) is 13.8 Å². The van der Waals surface area contributed by atoms with Crippen molar-refractivity contribution in [2.75, 3.05) is 32.2 Å². The average Bonchev–Trinajstić information content (AvgIpc) is 2.85. The van der Waals surface area contributed by atoms with Crippen molar-refractivity contribution in [3.05, 3.63) is 10.6 Å². The van der Waals surface area contributed by atoms with Gasteiger partial charge in [0.05, 0.1) is 12.3 Å². The molecule has 0 bridgehead atoms. The number of anilines is 1. The largest absolute Gasteiger partial charge is 0.383 e. The van der Waals surface area contributed by atoms with Crippen LogP contribution in [0.1, 0.15) is 50.6 Å². The molecular formula is C15H29N3OS. The molecule has 1 N–H and O–H groups in total. The van der Waals surface area contributed by atoms with E-state index in [0.29, 0.717) is 12.0 Å². The maximum absolute atomic E-state index is 5.07. The molecule has 0 spiro atoms.